The van der Waals surface area contributed by atoms with E-state index in [0.29, 0.717) is 13.0 Å². The zero-order chi connectivity index (χ0) is 16.8. The van der Waals surface area contributed by atoms with Crippen molar-refractivity contribution in [1.29, 1.82) is 0 Å². The van der Waals surface area contributed by atoms with Crippen molar-refractivity contribution in [2.45, 2.75) is 19.9 Å². The molecule has 0 unspecified atom stereocenters. The second-order valence-corrected chi connectivity index (χ2v) is 5.67. The second-order valence-electron chi connectivity index (χ2n) is 5.67. The van der Waals surface area contributed by atoms with Gasteiger partial charge in [0.25, 0.3) is 0 Å². The number of nitrogens with zero attached hydrogens (tertiary/aromatic N) is 2. The lowest BCUT2D eigenvalue weighted by Crippen LogP contribution is -2.23. The standard InChI is InChI=1S/C20H21N3O/c1-16(24)21-14-13-20-22-18-11-5-6-12-19(18)23(20)15-7-10-17-8-3-2-4-9-17/h2-12H,13-15H2,1H3,(H,21,24)/b10-7+. The van der Waals surface area contributed by atoms with Crippen LogP contribution < -0.4 is 5.32 Å². The molecule has 3 rings (SSSR count). The van der Waals surface area contributed by atoms with Crippen LogP contribution in [0.5, 0.6) is 0 Å². The van der Waals surface area contributed by atoms with Crippen molar-refractivity contribution >= 4 is 23.0 Å². The predicted molar refractivity (Wildman–Crippen MR) is 97.6 cm³/mol. The number of aromatic nitrogens is 2. The summed E-state index contributed by atoms with van der Waals surface area (Å²) in [5.74, 6) is 0.976. The molecular formula is C20H21N3O. The van der Waals surface area contributed by atoms with Gasteiger partial charge in [-0.15, -0.1) is 0 Å². The molecule has 0 aliphatic rings. The summed E-state index contributed by atoms with van der Waals surface area (Å²) in [5.41, 5.74) is 3.29. The molecule has 0 saturated carbocycles. The van der Waals surface area contributed by atoms with E-state index in [1.54, 1.807) is 0 Å². The maximum atomic E-state index is 11.1. The Bertz CT molecular complexity index is 850. The van der Waals surface area contributed by atoms with Gasteiger partial charge in [0.15, 0.2) is 0 Å². The monoisotopic (exact) mass is 319 g/mol. The first-order valence-corrected chi connectivity index (χ1v) is 8.14. The summed E-state index contributed by atoms with van der Waals surface area (Å²) in [4.78, 5) is 15.8. The second kappa shape index (κ2) is 7.59. The van der Waals surface area contributed by atoms with E-state index in [1.807, 2.05) is 36.4 Å². The van der Waals surface area contributed by atoms with E-state index >= 15 is 0 Å². The molecule has 24 heavy (non-hydrogen) atoms. The van der Waals surface area contributed by atoms with Gasteiger partial charge in [-0.3, -0.25) is 4.79 Å². The summed E-state index contributed by atoms with van der Waals surface area (Å²) < 4.78 is 2.20. The number of allylic oxidation sites excluding steroid dienone is 1. The average Bonchev–Trinajstić information content (AvgIpc) is 2.93. The van der Waals surface area contributed by atoms with E-state index in [0.717, 1.165) is 23.4 Å². The van der Waals surface area contributed by atoms with Gasteiger partial charge in [0.05, 0.1) is 11.0 Å². The highest BCUT2D eigenvalue weighted by molar-refractivity contribution is 5.76. The fourth-order valence-electron chi connectivity index (χ4n) is 2.73. The lowest BCUT2D eigenvalue weighted by molar-refractivity contribution is -0.118. The number of benzene rings is 2. The van der Waals surface area contributed by atoms with Gasteiger partial charge in [-0.25, -0.2) is 4.98 Å². The fraction of sp³-hybridized carbons (Fsp3) is 0.200. The van der Waals surface area contributed by atoms with Gasteiger partial charge in [0.1, 0.15) is 5.82 Å². The molecule has 4 heteroatoms. The zero-order valence-electron chi connectivity index (χ0n) is 13.8. The van der Waals surface area contributed by atoms with Gasteiger partial charge in [0.2, 0.25) is 5.91 Å². The normalized spacial score (nSPS) is 11.2. The molecule has 1 N–H and O–H groups in total. The van der Waals surface area contributed by atoms with Crippen molar-refractivity contribution in [3.8, 4) is 0 Å². The van der Waals surface area contributed by atoms with Crippen LogP contribution in [0.1, 0.15) is 18.3 Å². The van der Waals surface area contributed by atoms with Gasteiger partial charge in [-0.05, 0) is 17.7 Å². The van der Waals surface area contributed by atoms with Gasteiger partial charge in [-0.1, -0.05) is 54.6 Å². The molecule has 1 aromatic heterocycles. The van der Waals surface area contributed by atoms with Crippen LogP contribution in [0.4, 0.5) is 0 Å². The van der Waals surface area contributed by atoms with Crippen LogP contribution in [0.15, 0.2) is 60.7 Å². The van der Waals surface area contributed by atoms with E-state index in [-0.39, 0.29) is 5.91 Å². The van der Waals surface area contributed by atoms with Gasteiger partial charge in [-0.2, -0.15) is 0 Å². The SMILES string of the molecule is CC(=O)NCCc1nc2ccccc2n1C/C=C/c1ccccc1. The number of carbonyl (C=O) groups excluding carboxylic acids is 1. The lowest BCUT2D eigenvalue weighted by atomic mass is 10.2. The highest BCUT2D eigenvalue weighted by Gasteiger charge is 2.09. The number of amides is 1. The first kappa shape index (κ1) is 16.0. The maximum Gasteiger partial charge on any atom is 0.216 e. The van der Waals surface area contributed by atoms with Crippen LogP contribution >= 0.6 is 0 Å². The van der Waals surface area contributed by atoms with E-state index in [1.165, 1.54) is 12.5 Å². The smallest absolute Gasteiger partial charge is 0.216 e. The molecule has 0 atom stereocenters. The van der Waals surface area contributed by atoms with Crippen molar-refractivity contribution in [2.24, 2.45) is 0 Å². The van der Waals surface area contributed by atoms with Crippen LogP contribution in [0, 0.1) is 0 Å². The fourth-order valence-corrected chi connectivity index (χ4v) is 2.73. The molecule has 2 aromatic carbocycles. The van der Waals surface area contributed by atoms with Crippen LogP contribution in [0.2, 0.25) is 0 Å². The molecule has 4 nitrogen and oxygen atoms in total. The third kappa shape index (κ3) is 3.90. The van der Waals surface area contributed by atoms with Crippen LogP contribution in [0.3, 0.4) is 0 Å². The van der Waals surface area contributed by atoms with Crippen LogP contribution in [0.25, 0.3) is 17.1 Å². The molecule has 1 amide bonds. The lowest BCUT2D eigenvalue weighted by Gasteiger charge is -2.07. The van der Waals surface area contributed by atoms with Gasteiger partial charge >= 0.3 is 0 Å². The molecule has 3 aromatic rings. The number of rotatable bonds is 6. The number of hydrogen-bond donors (Lipinski definition) is 1. The Morgan fingerprint density at radius 1 is 1.12 bits per heavy atom. The molecule has 0 saturated heterocycles. The average molecular weight is 319 g/mol. The molecule has 0 spiro atoms. The number of imidazole rings is 1. The molecule has 0 aliphatic carbocycles. The first-order chi connectivity index (χ1) is 11.7. The molecular weight excluding hydrogens is 298 g/mol. The third-order valence-electron chi connectivity index (χ3n) is 3.85. The molecule has 0 aliphatic heterocycles. The largest absolute Gasteiger partial charge is 0.356 e. The molecule has 1 heterocycles. The van der Waals surface area contributed by atoms with Gasteiger partial charge < -0.3 is 9.88 Å². The Kier molecular flexibility index (Phi) is 5.06. The van der Waals surface area contributed by atoms with E-state index in [2.05, 4.69) is 40.2 Å². The summed E-state index contributed by atoms with van der Waals surface area (Å²) in [6, 6.07) is 18.4. The Morgan fingerprint density at radius 3 is 2.67 bits per heavy atom. The minimum absolute atomic E-state index is 0.0124. The minimum Gasteiger partial charge on any atom is -0.356 e. The Balaban J connectivity index is 1.81. The number of para-hydroxylation sites is 2. The highest BCUT2D eigenvalue weighted by atomic mass is 16.1. The summed E-state index contributed by atoms with van der Waals surface area (Å²) >= 11 is 0. The van der Waals surface area contributed by atoms with E-state index < -0.39 is 0 Å². The predicted octanol–water partition coefficient (Wildman–Crippen LogP) is 3.43. The number of hydrogen-bond acceptors (Lipinski definition) is 2. The number of nitrogens with one attached hydrogen (secondary N) is 1. The summed E-state index contributed by atoms with van der Waals surface area (Å²) in [7, 11) is 0. The van der Waals surface area contributed by atoms with Crippen LogP contribution in [-0.2, 0) is 17.8 Å². The topological polar surface area (TPSA) is 46.9 Å². The zero-order valence-corrected chi connectivity index (χ0v) is 13.8. The number of carbonyl (C=O) groups is 1. The van der Waals surface area contributed by atoms with E-state index in [4.69, 9.17) is 4.98 Å². The van der Waals surface area contributed by atoms with Crippen molar-refractivity contribution in [2.75, 3.05) is 6.54 Å². The van der Waals surface area contributed by atoms with Crippen molar-refractivity contribution < 1.29 is 4.79 Å². The summed E-state index contributed by atoms with van der Waals surface area (Å²) in [6.45, 7) is 2.89. The highest BCUT2D eigenvalue weighted by Crippen LogP contribution is 2.16. The Labute approximate surface area is 141 Å². The quantitative estimate of drug-likeness (QED) is 0.756. The molecule has 0 bridgehead atoms. The van der Waals surface area contributed by atoms with E-state index in [9.17, 15) is 4.79 Å². The third-order valence-corrected chi connectivity index (χ3v) is 3.85. The molecule has 0 radical (unpaired) electrons. The maximum absolute atomic E-state index is 11.1. The Hall–Kier alpha value is -2.88. The minimum atomic E-state index is -0.0124. The van der Waals surface area contributed by atoms with Gasteiger partial charge in [0, 0.05) is 26.4 Å². The van der Waals surface area contributed by atoms with Crippen molar-refractivity contribution in [3.63, 3.8) is 0 Å². The van der Waals surface area contributed by atoms with Crippen molar-refractivity contribution in [1.82, 2.24) is 14.9 Å². The molecule has 122 valence electrons. The van der Waals surface area contributed by atoms with Crippen molar-refractivity contribution in [3.05, 3.63) is 72.1 Å². The number of fused-ring (bicyclic) bond motifs is 1. The first-order valence-electron chi connectivity index (χ1n) is 8.14. The summed E-state index contributed by atoms with van der Waals surface area (Å²) in [5, 5.41) is 2.84. The Morgan fingerprint density at radius 2 is 1.88 bits per heavy atom. The summed E-state index contributed by atoms with van der Waals surface area (Å²) in [6.07, 6.45) is 4.98. The molecule has 0 fully saturated rings. The van der Waals surface area contributed by atoms with Crippen LogP contribution in [-0.4, -0.2) is 22.0 Å².